The van der Waals surface area contributed by atoms with Gasteiger partial charge in [0, 0.05) is 12.1 Å². The van der Waals surface area contributed by atoms with Crippen molar-refractivity contribution in [1.82, 2.24) is 4.90 Å². The highest BCUT2D eigenvalue weighted by Gasteiger charge is 2.19. The lowest BCUT2D eigenvalue weighted by atomic mass is 10.1. The van der Waals surface area contributed by atoms with Gasteiger partial charge >= 0.3 is 0 Å². The van der Waals surface area contributed by atoms with Gasteiger partial charge in [0.15, 0.2) is 0 Å². The first-order valence-corrected chi connectivity index (χ1v) is 7.27. The third kappa shape index (κ3) is 3.07. The standard InChI is InChI=1S/C18H19NO2/c1-14-6-2-3-7-15(14)12-18(20)19-10-11-21-17-9-5-4-8-16(17)13-19/h2-9H,10-13H2,1H3. The highest BCUT2D eigenvalue weighted by Crippen LogP contribution is 2.23. The maximum Gasteiger partial charge on any atom is 0.227 e. The minimum atomic E-state index is 0.157. The zero-order valence-electron chi connectivity index (χ0n) is 12.2. The zero-order chi connectivity index (χ0) is 14.7. The molecule has 2 aromatic rings. The molecule has 0 atom stereocenters. The minimum Gasteiger partial charge on any atom is -0.491 e. The van der Waals surface area contributed by atoms with E-state index in [0.29, 0.717) is 26.1 Å². The van der Waals surface area contributed by atoms with Crippen molar-refractivity contribution in [2.45, 2.75) is 19.9 Å². The molecule has 1 aliphatic heterocycles. The summed E-state index contributed by atoms with van der Waals surface area (Å²) < 4.78 is 5.71. The summed E-state index contributed by atoms with van der Waals surface area (Å²) in [5, 5.41) is 0. The van der Waals surface area contributed by atoms with E-state index in [2.05, 4.69) is 0 Å². The Bertz CT molecular complexity index is 651. The maximum absolute atomic E-state index is 12.6. The second kappa shape index (κ2) is 6.00. The van der Waals surface area contributed by atoms with Crippen LogP contribution in [0.15, 0.2) is 48.5 Å². The van der Waals surface area contributed by atoms with E-state index in [9.17, 15) is 4.79 Å². The van der Waals surface area contributed by atoms with E-state index in [1.165, 1.54) is 0 Å². The molecule has 3 rings (SSSR count). The molecular formula is C18H19NO2. The summed E-state index contributed by atoms with van der Waals surface area (Å²) in [4.78, 5) is 14.4. The van der Waals surface area contributed by atoms with Crippen LogP contribution < -0.4 is 4.74 Å². The Morgan fingerprint density at radius 1 is 1.14 bits per heavy atom. The molecular weight excluding hydrogens is 262 g/mol. The van der Waals surface area contributed by atoms with Gasteiger partial charge in [0.05, 0.1) is 13.0 Å². The van der Waals surface area contributed by atoms with E-state index in [1.54, 1.807) is 0 Å². The van der Waals surface area contributed by atoms with Gasteiger partial charge in [-0.2, -0.15) is 0 Å². The van der Waals surface area contributed by atoms with Gasteiger partial charge in [-0.3, -0.25) is 4.79 Å². The lowest BCUT2D eigenvalue weighted by Crippen LogP contribution is -2.33. The smallest absolute Gasteiger partial charge is 0.227 e. The molecule has 1 heterocycles. The van der Waals surface area contributed by atoms with Gasteiger partial charge in [-0.15, -0.1) is 0 Å². The third-order valence-electron chi connectivity index (χ3n) is 3.91. The Labute approximate surface area is 125 Å². The average molecular weight is 281 g/mol. The highest BCUT2D eigenvalue weighted by atomic mass is 16.5. The van der Waals surface area contributed by atoms with E-state index in [4.69, 9.17) is 4.74 Å². The molecule has 1 amide bonds. The van der Waals surface area contributed by atoms with E-state index < -0.39 is 0 Å². The van der Waals surface area contributed by atoms with Crippen LogP contribution in [-0.2, 0) is 17.8 Å². The molecule has 3 heteroatoms. The van der Waals surface area contributed by atoms with Crippen LogP contribution >= 0.6 is 0 Å². The third-order valence-corrected chi connectivity index (χ3v) is 3.91. The van der Waals surface area contributed by atoms with Gasteiger partial charge in [-0.05, 0) is 24.1 Å². The average Bonchev–Trinajstić information content (AvgIpc) is 2.72. The minimum absolute atomic E-state index is 0.157. The van der Waals surface area contributed by atoms with Crippen LogP contribution in [0.4, 0.5) is 0 Å². The van der Waals surface area contributed by atoms with E-state index in [1.807, 2.05) is 60.4 Å². The van der Waals surface area contributed by atoms with Crippen molar-refractivity contribution in [3.8, 4) is 5.75 Å². The predicted octanol–water partition coefficient (Wildman–Crippen LogP) is 2.96. The van der Waals surface area contributed by atoms with E-state index in [-0.39, 0.29) is 5.91 Å². The molecule has 1 aliphatic rings. The Kier molecular flexibility index (Phi) is 3.91. The van der Waals surface area contributed by atoms with Crippen LogP contribution in [0.5, 0.6) is 5.75 Å². The van der Waals surface area contributed by atoms with Crippen molar-refractivity contribution in [1.29, 1.82) is 0 Å². The summed E-state index contributed by atoms with van der Waals surface area (Å²) in [5.41, 5.74) is 3.34. The number of nitrogens with zero attached hydrogens (tertiary/aromatic N) is 1. The SMILES string of the molecule is Cc1ccccc1CC(=O)N1CCOc2ccccc2C1. The largest absolute Gasteiger partial charge is 0.491 e. The molecule has 0 aliphatic carbocycles. The number of carbonyl (C=O) groups is 1. The lowest BCUT2D eigenvalue weighted by molar-refractivity contribution is -0.131. The van der Waals surface area contributed by atoms with Gasteiger partial charge in [0.25, 0.3) is 0 Å². The van der Waals surface area contributed by atoms with Gasteiger partial charge in [-0.25, -0.2) is 0 Å². The van der Waals surface area contributed by atoms with Gasteiger partial charge in [0.2, 0.25) is 5.91 Å². The molecule has 0 spiro atoms. The summed E-state index contributed by atoms with van der Waals surface area (Å²) in [5.74, 6) is 1.05. The number of hydrogen-bond acceptors (Lipinski definition) is 2. The summed E-state index contributed by atoms with van der Waals surface area (Å²) >= 11 is 0. The number of amides is 1. The van der Waals surface area contributed by atoms with Crippen molar-refractivity contribution < 1.29 is 9.53 Å². The first-order chi connectivity index (χ1) is 10.2. The number of aryl methyl sites for hydroxylation is 1. The normalized spacial score (nSPS) is 14.0. The van der Waals surface area contributed by atoms with Crippen LogP contribution in [-0.4, -0.2) is 24.0 Å². The fraction of sp³-hybridized carbons (Fsp3) is 0.278. The monoisotopic (exact) mass is 281 g/mol. The van der Waals surface area contributed by atoms with Crippen LogP contribution in [0, 0.1) is 6.92 Å². The lowest BCUT2D eigenvalue weighted by Gasteiger charge is -2.20. The zero-order valence-corrected chi connectivity index (χ0v) is 12.2. The Morgan fingerprint density at radius 3 is 2.76 bits per heavy atom. The molecule has 0 fully saturated rings. The Balaban J connectivity index is 1.75. The summed E-state index contributed by atoms with van der Waals surface area (Å²) in [6.07, 6.45) is 0.453. The Hall–Kier alpha value is -2.29. The van der Waals surface area contributed by atoms with Crippen molar-refractivity contribution in [2.75, 3.05) is 13.2 Å². The molecule has 2 aromatic carbocycles. The summed E-state index contributed by atoms with van der Waals surface area (Å²) in [7, 11) is 0. The number of para-hydroxylation sites is 1. The van der Waals surface area contributed by atoms with E-state index in [0.717, 1.165) is 22.4 Å². The number of rotatable bonds is 2. The molecule has 0 aromatic heterocycles. The van der Waals surface area contributed by atoms with Crippen molar-refractivity contribution >= 4 is 5.91 Å². The summed E-state index contributed by atoms with van der Waals surface area (Å²) in [6, 6.07) is 16.0. The molecule has 0 bridgehead atoms. The quantitative estimate of drug-likeness (QED) is 0.847. The maximum atomic E-state index is 12.6. The summed E-state index contributed by atoms with van der Waals surface area (Å²) in [6.45, 7) is 3.86. The number of hydrogen-bond donors (Lipinski definition) is 0. The molecule has 0 unspecified atom stereocenters. The van der Waals surface area contributed by atoms with Crippen LogP contribution in [0.3, 0.4) is 0 Å². The molecule has 21 heavy (non-hydrogen) atoms. The second-order valence-electron chi connectivity index (χ2n) is 5.37. The fourth-order valence-electron chi connectivity index (χ4n) is 2.62. The van der Waals surface area contributed by atoms with Gasteiger partial charge < -0.3 is 9.64 Å². The topological polar surface area (TPSA) is 29.5 Å². The molecule has 0 N–H and O–H groups in total. The van der Waals surface area contributed by atoms with E-state index >= 15 is 0 Å². The molecule has 0 radical (unpaired) electrons. The Morgan fingerprint density at radius 2 is 1.90 bits per heavy atom. The van der Waals surface area contributed by atoms with Crippen LogP contribution in [0.1, 0.15) is 16.7 Å². The number of carbonyl (C=O) groups excluding carboxylic acids is 1. The predicted molar refractivity (Wildman–Crippen MR) is 82.2 cm³/mol. The first kappa shape index (κ1) is 13.7. The number of fused-ring (bicyclic) bond motifs is 1. The van der Waals surface area contributed by atoms with Crippen LogP contribution in [0.25, 0.3) is 0 Å². The van der Waals surface area contributed by atoms with Gasteiger partial charge in [-0.1, -0.05) is 42.5 Å². The van der Waals surface area contributed by atoms with Crippen LogP contribution in [0.2, 0.25) is 0 Å². The van der Waals surface area contributed by atoms with Gasteiger partial charge in [0.1, 0.15) is 12.4 Å². The molecule has 3 nitrogen and oxygen atoms in total. The molecule has 0 saturated carbocycles. The van der Waals surface area contributed by atoms with Crippen molar-refractivity contribution in [2.24, 2.45) is 0 Å². The molecule has 108 valence electrons. The molecule has 0 saturated heterocycles. The van der Waals surface area contributed by atoms with Crippen molar-refractivity contribution in [3.05, 3.63) is 65.2 Å². The second-order valence-corrected chi connectivity index (χ2v) is 5.37. The van der Waals surface area contributed by atoms with Crippen molar-refractivity contribution in [3.63, 3.8) is 0 Å². The first-order valence-electron chi connectivity index (χ1n) is 7.27. The highest BCUT2D eigenvalue weighted by molar-refractivity contribution is 5.79. The number of benzene rings is 2. The number of ether oxygens (including phenoxy) is 1. The fourth-order valence-corrected chi connectivity index (χ4v) is 2.62.